The fourth-order valence-corrected chi connectivity index (χ4v) is 4.12. The van der Waals surface area contributed by atoms with Crippen LogP contribution in [0, 0.1) is 6.92 Å². The van der Waals surface area contributed by atoms with Crippen molar-refractivity contribution in [1.82, 2.24) is 15.8 Å². The van der Waals surface area contributed by atoms with Crippen molar-refractivity contribution in [1.29, 1.82) is 0 Å². The summed E-state index contributed by atoms with van der Waals surface area (Å²) in [5, 5.41) is 0. The summed E-state index contributed by atoms with van der Waals surface area (Å²) in [7, 11) is 3.31. The second kappa shape index (κ2) is 19.5. The minimum Gasteiger partial charge on any atom is -0.462 e. The van der Waals surface area contributed by atoms with E-state index in [1.54, 1.807) is 58.3 Å². The first kappa shape index (κ1) is 35.5. The summed E-state index contributed by atoms with van der Waals surface area (Å²) in [6.45, 7) is 12.7. The molecular weight excluding hydrogens is 550 g/mol. The Hall–Kier alpha value is -4.54. The number of ether oxygens (including phenoxy) is 1. The van der Waals surface area contributed by atoms with E-state index in [1.807, 2.05) is 49.6 Å². The van der Waals surface area contributed by atoms with Gasteiger partial charge in [-0.15, -0.1) is 11.8 Å². The minimum absolute atomic E-state index is 0.209. The number of aryl methyl sites for hydroxylation is 1. The van der Waals surface area contributed by atoms with E-state index in [1.165, 1.54) is 16.7 Å². The van der Waals surface area contributed by atoms with Crippen LogP contribution in [0.1, 0.15) is 35.5 Å². The Balaban J connectivity index is 0.000000962. The number of amides is 1. The van der Waals surface area contributed by atoms with Gasteiger partial charge in [-0.1, -0.05) is 61.7 Å². The van der Waals surface area contributed by atoms with Gasteiger partial charge in [0.05, 0.1) is 23.4 Å². The summed E-state index contributed by atoms with van der Waals surface area (Å²) < 4.78 is 5.38. The number of nitrogens with zero attached hydrogens (tertiary/aromatic N) is 3. The first-order valence-electron chi connectivity index (χ1n) is 13.0. The predicted molar refractivity (Wildman–Crippen MR) is 175 cm³/mol. The molecule has 0 spiro atoms. The summed E-state index contributed by atoms with van der Waals surface area (Å²) in [5.41, 5.74) is 8.90. The molecule has 0 fully saturated rings. The summed E-state index contributed by atoms with van der Waals surface area (Å²) in [6.07, 6.45) is 13.5. The number of benzene rings is 1. The number of carbonyl (C=O) groups is 3. The molecule has 0 aliphatic rings. The molecule has 0 radical (unpaired) electrons. The van der Waals surface area contributed by atoms with E-state index in [4.69, 9.17) is 9.72 Å². The number of hydrogen-bond donors (Lipinski definition) is 2. The van der Waals surface area contributed by atoms with E-state index in [2.05, 4.69) is 29.0 Å². The van der Waals surface area contributed by atoms with Crippen LogP contribution in [-0.2, 0) is 14.3 Å². The third-order valence-electron chi connectivity index (χ3n) is 5.48. The molecule has 10 heteroatoms. The van der Waals surface area contributed by atoms with Gasteiger partial charge in [-0.25, -0.2) is 15.2 Å². The Labute approximate surface area is 252 Å². The highest BCUT2D eigenvalue weighted by atomic mass is 32.2. The van der Waals surface area contributed by atoms with Crippen LogP contribution in [0.25, 0.3) is 11.1 Å². The van der Waals surface area contributed by atoms with E-state index in [0.717, 1.165) is 11.8 Å². The van der Waals surface area contributed by atoms with E-state index in [0.29, 0.717) is 51.1 Å². The third-order valence-corrected chi connectivity index (χ3v) is 6.18. The Morgan fingerprint density at radius 3 is 2.26 bits per heavy atom. The lowest BCUT2D eigenvalue weighted by molar-refractivity contribution is -0.107. The van der Waals surface area contributed by atoms with Crippen LogP contribution in [0.2, 0.25) is 0 Å². The second-order valence-electron chi connectivity index (χ2n) is 8.11. The SMILES string of the molecule is C=C/C=C(/C=O)SC.C=C/C=C(\C=C/C)N(C=O)c1nc(C)c(C(=O)OCC)c(-c2ccccc2)c1C(=NC)NNC. The van der Waals surface area contributed by atoms with Gasteiger partial charge in [-0.05, 0) is 50.8 Å². The highest BCUT2D eigenvalue weighted by Crippen LogP contribution is 2.36. The van der Waals surface area contributed by atoms with E-state index in [-0.39, 0.29) is 6.61 Å². The van der Waals surface area contributed by atoms with Crippen LogP contribution in [0.4, 0.5) is 5.82 Å². The molecule has 2 N–H and O–H groups in total. The maximum atomic E-state index is 13.1. The van der Waals surface area contributed by atoms with E-state index >= 15 is 0 Å². The number of thioether (sulfide) groups is 1. The molecule has 0 saturated heterocycles. The number of pyridine rings is 1. The minimum atomic E-state index is -0.507. The Kier molecular flexibility index (Phi) is 16.5. The second-order valence-corrected chi connectivity index (χ2v) is 8.99. The molecular formula is C32H39N5O4S. The molecule has 0 unspecified atom stereocenters. The number of esters is 1. The largest absolute Gasteiger partial charge is 0.462 e. The molecule has 9 nitrogen and oxygen atoms in total. The number of amidine groups is 1. The normalized spacial score (nSPS) is 11.7. The maximum absolute atomic E-state index is 13.1. The summed E-state index contributed by atoms with van der Waals surface area (Å²) in [4.78, 5) is 46.7. The van der Waals surface area contributed by atoms with Crippen LogP contribution >= 0.6 is 11.8 Å². The molecule has 0 atom stereocenters. The topological polar surface area (TPSA) is 113 Å². The average Bonchev–Trinajstić information content (AvgIpc) is 3.00. The van der Waals surface area contributed by atoms with Crippen molar-refractivity contribution < 1.29 is 19.1 Å². The molecule has 0 saturated carbocycles. The van der Waals surface area contributed by atoms with Crippen molar-refractivity contribution in [3.05, 3.63) is 107 Å². The number of hydrazine groups is 1. The number of aldehydes is 1. The standard InChI is InChI=1S/C26H31N5O3.C6H8OS/c1-7-13-20(14-8-2)31(17-32)25-23(24(27-5)30-28-6)22(19-15-11-10-12-16-19)21(18(4)29-25)26(33)34-9-3;1-3-4-6(5-7)8-2/h7-8,10-17,28H,1,9H2,2-6H3,(H,27,30);3-5H,1H2,2H3/b14-8-,20-13+;6-4-. The van der Waals surface area contributed by atoms with Gasteiger partial charge in [0.1, 0.15) is 5.84 Å². The molecule has 0 aliphatic heterocycles. The monoisotopic (exact) mass is 589 g/mol. The van der Waals surface area contributed by atoms with E-state index < -0.39 is 5.97 Å². The van der Waals surface area contributed by atoms with Gasteiger partial charge >= 0.3 is 5.97 Å². The van der Waals surface area contributed by atoms with Crippen molar-refractivity contribution in [2.24, 2.45) is 4.99 Å². The Morgan fingerprint density at radius 1 is 1.14 bits per heavy atom. The molecule has 1 amide bonds. The van der Waals surface area contributed by atoms with Crippen molar-refractivity contribution >= 4 is 42.1 Å². The molecule has 0 bridgehead atoms. The quantitative estimate of drug-likeness (QED) is 0.0594. The number of aromatic nitrogens is 1. The lowest BCUT2D eigenvalue weighted by Crippen LogP contribution is -2.37. The van der Waals surface area contributed by atoms with Crippen LogP contribution < -0.4 is 15.8 Å². The first-order chi connectivity index (χ1) is 20.3. The Bertz CT molecular complexity index is 1360. The fraction of sp³-hybridized carbons (Fsp3) is 0.219. The number of hydrogen-bond acceptors (Lipinski definition) is 8. The number of rotatable bonds is 13. The molecule has 0 aliphatic carbocycles. The molecule has 1 aromatic heterocycles. The highest BCUT2D eigenvalue weighted by Gasteiger charge is 2.30. The van der Waals surface area contributed by atoms with Crippen LogP contribution in [-0.4, -0.2) is 56.4 Å². The van der Waals surface area contributed by atoms with Crippen molar-refractivity contribution in [2.75, 3.05) is 31.9 Å². The van der Waals surface area contributed by atoms with Crippen molar-refractivity contribution in [3.8, 4) is 11.1 Å². The summed E-state index contributed by atoms with van der Waals surface area (Å²) in [5.74, 6) is 0.181. The zero-order chi connectivity index (χ0) is 31.5. The van der Waals surface area contributed by atoms with Gasteiger partial charge in [0, 0.05) is 30.3 Å². The van der Waals surface area contributed by atoms with Gasteiger partial charge in [0.2, 0.25) is 6.41 Å². The molecule has 42 heavy (non-hydrogen) atoms. The van der Waals surface area contributed by atoms with Gasteiger partial charge in [-0.3, -0.25) is 19.5 Å². The molecule has 222 valence electrons. The highest BCUT2D eigenvalue weighted by molar-refractivity contribution is 8.03. The Morgan fingerprint density at radius 2 is 1.81 bits per heavy atom. The van der Waals surface area contributed by atoms with Crippen molar-refractivity contribution in [2.45, 2.75) is 20.8 Å². The zero-order valence-electron chi connectivity index (χ0n) is 25.0. The number of nitrogens with one attached hydrogen (secondary N) is 2. The third kappa shape index (κ3) is 9.53. The van der Waals surface area contributed by atoms with Crippen molar-refractivity contribution in [3.63, 3.8) is 0 Å². The number of carbonyl (C=O) groups excluding carboxylic acids is 3. The van der Waals surface area contributed by atoms with Gasteiger partial charge in [0.15, 0.2) is 12.1 Å². The molecule has 2 rings (SSSR count). The lowest BCUT2D eigenvalue weighted by Gasteiger charge is -2.26. The smallest absolute Gasteiger partial charge is 0.340 e. The van der Waals surface area contributed by atoms with Gasteiger partial charge in [0.25, 0.3) is 0 Å². The fourth-order valence-electron chi connectivity index (χ4n) is 3.79. The van der Waals surface area contributed by atoms with Gasteiger partial charge < -0.3 is 10.2 Å². The average molecular weight is 590 g/mol. The number of allylic oxidation sites excluding steroid dienone is 7. The first-order valence-corrected chi connectivity index (χ1v) is 14.2. The lowest BCUT2D eigenvalue weighted by atomic mass is 9.92. The zero-order valence-corrected chi connectivity index (χ0v) is 25.8. The van der Waals surface area contributed by atoms with Crippen LogP contribution in [0.15, 0.2) is 95.5 Å². The number of aliphatic imine (C=N–C) groups is 1. The molecule has 1 aromatic carbocycles. The molecule has 1 heterocycles. The number of anilines is 1. The van der Waals surface area contributed by atoms with Crippen LogP contribution in [0.3, 0.4) is 0 Å². The summed E-state index contributed by atoms with van der Waals surface area (Å²) >= 11 is 1.42. The molecule has 2 aromatic rings. The van der Waals surface area contributed by atoms with E-state index in [9.17, 15) is 14.4 Å². The predicted octanol–water partition coefficient (Wildman–Crippen LogP) is 5.56. The summed E-state index contributed by atoms with van der Waals surface area (Å²) in [6, 6.07) is 9.40. The maximum Gasteiger partial charge on any atom is 0.340 e. The van der Waals surface area contributed by atoms with Crippen LogP contribution in [0.5, 0.6) is 0 Å². The van der Waals surface area contributed by atoms with Gasteiger partial charge in [-0.2, -0.15) is 0 Å².